The van der Waals surface area contributed by atoms with Crippen LogP contribution in [0.15, 0.2) is 65.7 Å². The van der Waals surface area contributed by atoms with Crippen molar-refractivity contribution < 1.29 is 4.79 Å². The molecule has 2 heterocycles. The van der Waals surface area contributed by atoms with Crippen molar-refractivity contribution in [3.05, 3.63) is 76.8 Å². The lowest BCUT2D eigenvalue weighted by Gasteiger charge is -2.38. The van der Waals surface area contributed by atoms with Gasteiger partial charge in [0.1, 0.15) is 0 Å². The molecule has 1 unspecified atom stereocenters. The highest BCUT2D eigenvalue weighted by atomic mass is 16.2. The molecule has 6 nitrogen and oxygen atoms in total. The molecule has 2 bridgehead atoms. The number of piperidine rings is 1. The molecule has 1 N–H and O–H groups in total. The van der Waals surface area contributed by atoms with E-state index in [4.69, 9.17) is 0 Å². The molecule has 1 aliphatic carbocycles. The summed E-state index contributed by atoms with van der Waals surface area (Å²) in [7, 11) is 0. The molecule has 1 amide bonds. The Morgan fingerprint density at radius 3 is 2.48 bits per heavy atom. The molecule has 3 aromatic rings. The number of aromatic nitrogens is 2. The van der Waals surface area contributed by atoms with Gasteiger partial charge in [-0.3, -0.25) is 19.1 Å². The average Bonchev–Trinajstić information content (AvgIpc) is 3.02. The fourth-order valence-corrected chi connectivity index (χ4v) is 5.27. The lowest BCUT2D eigenvalue weighted by Crippen LogP contribution is -2.52. The van der Waals surface area contributed by atoms with Crippen molar-refractivity contribution >= 4 is 16.8 Å². The van der Waals surface area contributed by atoms with Crippen LogP contribution in [-0.2, 0) is 17.9 Å². The standard InChI is InChI=1S/C25H28N4O2/c30-23(12-13-29-17-26-22-9-5-4-8-21(22)25(29)31)27-24-19-10-11-20(24)16-28(15-19)14-18-6-2-1-3-7-18/h1-9,17,19-20,24H,10-16H2,(H,27,30)/t19-,20+,24?. The Morgan fingerprint density at radius 2 is 1.71 bits per heavy atom. The first-order chi connectivity index (χ1) is 15.2. The maximum Gasteiger partial charge on any atom is 0.261 e. The van der Waals surface area contributed by atoms with Crippen LogP contribution in [0.1, 0.15) is 24.8 Å². The van der Waals surface area contributed by atoms with Crippen LogP contribution in [0.4, 0.5) is 0 Å². The Morgan fingerprint density at radius 1 is 1.00 bits per heavy atom. The van der Waals surface area contributed by atoms with Gasteiger partial charge in [0.15, 0.2) is 0 Å². The highest BCUT2D eigenvalue weighted by Gasteiger charge is 2.42. The van der Waals surface area contributed by atoms with Gasteiger partial charge in [0.25, 0.3) is 5.56 Å². The smallest absolute Gasteiger partial charge is 0.261 e. The van der Waals surface area contributed by atoms with Gasteiger partial charge in [0.2, 0.25) is 5.91 Å². The van der Waals surface area contributed by atoms with Crippen LogP contribution in [0.5, 0.6) is 0 Å². The van der Waals surface area contributed by atoms with Crippen molar-refractivity contribution in [2.75, 3.05) is 13.1 Å². The summed E-state index contributed by atoms with van der Waals surface area (Å²) in [5.41, 5.74) is 1.94. The van der Waals surface area contributed by atoms with E-state index >= 15 is 0 Å². The number of aryl methyl sites for hydroxylation is 1. The zero-order valence-electron chi connectivity index (χ0n) is 17.6. The molecule has 1 saturated heterocycles. The van der Waals surface area contributed by atoms with Crippen molar-refractivity contribution in [1.29, 1.82) is 0 Å². The van der Waals surface area contributed by atoms with Gasteiger partial charge in [0.05, 0.1) is 17.2 Å². The van der Waals surface area contributed by atoms with Crippen LogP contribution in [0.3, 0.4) is 0 Å². The number of para-hydroxylation sites is 1. The molecule has 1 aromatic heterocycles. The average molecular weight is 417 g/mol. The third-order valence-electron chi connectivity index (χ3n) is 6.80. The second-order valence-corrected chi connectivity index (χ2v) is 8.88. The molecule has 1 saturated carbocycles. The molecule has 1 aliphatic heterocycles. The van der Waals surface area contributed by atoms with E-state index in [-0.39, 0.29) is 17.5 Å². The van der Waals surface area contributed by atoms with Crippen molar-refractivity contribution in [1.82, 2.24) is 19.8 Å². The lowest BCUT2D eigenvalue weighted by molar-refractivity contribution is -0.123. The van der Waals surface area contributed by atoms with Crippen molar-refractivity contribution in [2.45, 2.75) is 38.4 Å². The number of carbonyl (C=O) groups excluding carboxylic acids is 1. The highest BCUT2D eigenvalue weighted by Crippen LogP contribution is 2.37. The molecule has 31 heavy (non-hydrogen) atoms. The number of nitrogens with zero attached hydrogens (tertiary/aromatic N) is 3. The maximum absolute atomic E-state index is 12.7. The topological polar surface area (TPSA) is 67.2 Å². The Kier molecular flexibility index (Phi) is 5.55. The first kappa shape index (κ1) is 19.9. The van der Waals surface area contributed by atoms with Gasteiger partial charge in [-0.05, 0) is 42.4 Å². The second-order valence-electron chi connectivity index (χ2n) is 8.88. The van der Waals surface area contributed by atoms with Crippen LogP contribution in [0, 0.1) is 11.8 Å². The minimum absolute atomic E-state index is 0.0264. The number of rotatable bonds is 6. The molecule has 2 fully saturated rings. The second kappa shape index (κ2) is 8.63. The van der Waals surface area contributed by atoms with Gasteiger partial charge in [-0.2, -0.15) is 0 Å². The van der Waals surface area contributed by atoms with Crippen molar-refractivity contribution in [3.8, 4) is 0 Å². The first-order valence-electron chi connectivity index (χ1n) is 11.2. The van der Waals surface area contributed by atoms with E-state index in [1.165, 1.54) is 18.4 Å². The zero-order valence-corrected chi connectivity index (χ0v) is 17.6. The maximum atomic E-state index is 12.7. The Balaban J connectivity index is 1.17. The molecule has 5 rings (SSSR count). The summed E-state index contributed by atoms with van der Waals surface area (Å²) in [6.45, 7) is 3.39. The molecule has 160 valence electrons. The third kappa shape index (κ3) is 4.26. The first-order valence-corrected chi connectivity index (χ1v) is 11.2. The van der Waals surface area contributed by atoms with Crippen LogP contribution >= 0.6 is 0 Å². The van der Waals surface area contributed by atoms with Gasteiger partial charge < -0.3 is 5.32 Å². The minimum Gasteiger partial charge on any atom is -0.353 e. The SMILES string of the molecule is O=C(CCn1cnc2ccccc2c1=O)NC1[C@@H]2CC[C@H]1CN(Cc1ccccc1)C2. The molecule has 0 spiro atoms. The predicted octanol–water partition coefficient (Wildman–Crippen LogP) is 2.81. The summed E-state index contributed by atoms with van der Waals surface area (Å²) >= 11 is 0. The quantitative estimate of drug-likeness (QED) is 0.671. The Bertz CT molecular complexity index is 1110. The van der Waals surface area contributed by atoms with E-state index in [0.29, 0.717) is 35.7 Å². The summed E-state index contributed by atoms with van der Waals surface area (Å²) in [5, 5.41) is 3.88. The van der Waals surface area contributed by atoms with E-state index in [2.05, 4.69) is 45.5 Å². The van der Waals surface area contributed by atoms with E-state index in [1.54, 1.807) is 17.0 Å². The van der Waals surface area contributed by atoms with Gasteiger partial charge in [-0.15, -0.1) is 0 Å². The lowest BCUT2D eigenvalue weighted by atomic mass is 9.91. The highest BCUT2D eigenvalue weighted by molar-refractivity contribution is 5.77. The van der Waals surface area contributed by atoms with E-state index < -0.39 is 0 Å². The summed E-state index contributed by atoms with van der Waals surface area (Å²) in [4.78, 5) is 32.2. The molecular weight excluding hydrogens is 388 g/mol. The minimum atomic E-state index is -0.0901. The predicted molar refractivity (Wildman–Crippen MR) is 120 cm³/mol. The van der Waals surface area contributed by atoms with Gasteiger partial charge >= 0.3 is 0 Å². The summed E-state index contributed by atoms with van der Waals surface area (Å²) < 4.78 is 1.54. The molecular formula is C25H28N4O2. The summed E-state index contributed by atoms with van der Waals surface area (Å²) in [6.07, 6.45) is 4.19. The number of hydrogen-bond donors (Lipinski definition) is 1. The third-order valence-corrected chi connectivity index (χ3v) is 6.80. The van der Waals surface area contributed by atoms with Gasteiger partial charge in [0, 0.05) is 38.6 Å². The number of fused-ring (bicyclic) bond motifs is 3. The molecule has 0 radical (unpaired) electrons. The van der Waals surface area contributed by atoms with E-state index in [1.807, 2.05) is 18.2 Å². The summed E-state index contributed by atoms with van der Waals surface area (Å²) in [5.74, 6) is 1.05. The number of benzene rings is 2. The fraction of sp³-hybridized carbons (Fsp3) is 0.400. The van der Waals surface area contributed by atoms with Crippen molar-refractivity contribution in [3.63, 3.8) is 0 Å². The van der Waals surface area contributed by atoms with Gasteiger partial charge in [-0.25, -0.2) is 4.98 Å². The van der Waals surface area contributed by atoms with Crippen molar-refractivity contribution in [2.24, 2.45) is 11.8 Å². The van der Waals surface area contributed by atoms with Crippen LogP contribution < -0.4 is 10.9 Å². The normalized spacial score (nSPS) is 23.2. The Labute approximate surface area is 181 Å². The molecule has 2 aliphatic rings. The number of nitrogens with one attached hydrogen (secondary N) is 1. The molecule has 6 heteroatoms. The largest absolute Gasteiger partial charge is 0.353 e. The van der Waals surface area contributed by atoms with E-state index in [0.717, 1.165) is 19.6 Å². The van der Waals surface area contributed by atoms with Crippen LogP contribution in [-0.4, -0.2) is 39.5 Å². The number of carbonyl (C=O) groups is 1. The van der Waals surface area contributed by atoms with Crippen LogP contribution in [0.2, 0.25) is 0 Å². The molecule has 3 atom stereocenters. The monoisotopic (exact) mass is 416 g/mol. The van der Waals surface area contributed by atoms with Gasteiger partial charge in [-0.1, -0.05) is 42.5 Å². The molecule has 2 aromatic carbocycles. The fourth-order valence-electron chi connectivity index (χ4n) is 5.27. The number of likely N-dealkylation sites (tertiary alicyclic amines) is 1. The van der Waals surface area contributed by atoms with E-state index in [9.17, 15) is 9.59 Å². The number of amides is 1. The summed E-state index contributed by atoms with van der Waals surface area (Å²) in [6, 6.07) is 18.2. The van der Waals surface area contributed by atoms with Crippen LogP contribution in [0.25, 0.3) is 10.9 Å². The number of hydrogen-bond acceptors (Lipinski definition) is 4. The Hall–Kier alpha value is -2.99. The zero-order chi connectivity index (χ0) is 21.2.